The Labute approximate surface area is 212 Å². The molecule has 1 aromatic carbocycles. The lowest BCUT2D eigenvalue weighted by Crippen LogP contribution is -2.44. The zero-order chi connectivity index (χ0) is 25.0. The van der Waals surface area contributed by atoms with Gasteiger partial charge in [-0.2, -0.15) is 0 Å². The molecule has 2 fully saturated rings. The molecule has 2 saturated heterocycles. The summed E-state index contributed by atoms with van der Waals surface area (Å²) in [6.07, 6.45) is 5.66. The highest BCUT2D eigenvalue weighted by Crippen LogP contribution is 2.39. The van der Waals surface area contributed by atoms with Crippen molar-refractivity contribution in [1.82, 2.24) is 24.7 Å². The fourth-order valence-corrected chi connectivity index (χ4v) is 7.87. The summed E-state index contributed by atoms with van der Waals surface area (Å²) in [4.78, 5) is 6.27. The molecule has 8 heteroatoms. The van der Waals surface area contributed by atoms with Crippen LogP contribution in [0.3, 0.4) is 0 Å². The standard InChI is InChI=1S/C28H35N5O2S/c1-18(2)27-25-16-21(20-6-10-32(11-7-20)23-8-12-36(34,35)13-9-23)4-5-26(25)30-28(27)22-14-19(3)33-24(15-22)17-29-31-33/h4-5,14-18,20,23,30H,6-13H2,1-3H3. The fraction of sp³-hybridized carbons (Fsp3) is 0.500. The molecule has 5 heterocycles. The van der Waals surface area contributed by atoms with Crippen LogP contribution in [0.15, 0.2) is 36.5 Å². The lowest BCUT2D eigenvalue weighted by Gasteiger charge is -2.39. The highest BCUT2D eigenvalue weighted by atomic mass is 32.2. The molecule has 4 aromatic rings. The maximum atomic E-state index is 11.8. The SMILES string of the molecule is Cc1cc(-c2[nH]c3ccc(C4CCN(C5CCS(=O)(=O)CC5)CC4)cc3c2C(C)C)cc2cnnn12. The zero-order valence-electron chi connectivity index (χ0n) is 21.4. The van der Waals surface area contributed by atoms with E-state index in [9.17, 15) is 8.42 Å². The predicted molar refractivity (Wildman–Crippen MR) is 144 cm³/mol. The first-order valence-corrected chi connectivity index (χ1v) is 15.0. The highest BCUT2D eigenvalue weighted by Gasteiger charge is 2.31. The second kappa shape index (κ2) is 8.99. The molecule has 6 rings (SSSR count). The number of nitrogens with zero attached hydrogens (tertiary/aromatic N) is 4. The molecular weight excluding hydrogens is 470 g/mol. The Hall–Kier alpha value is -2.71. The van der Waals surface area contributed by atoms with E-state index < -0.39 is 9.84 Å². The van der Waals surface area contributed by atoms with Gasteiger partial charge in [0.15, 0.2) is 0 Å². The predicted octanol–water partition coefficient (Wildman–Crippen LogP) is 5.07. The van der Waals surface area contributed by atoms with Gasteiger partial charge in [-0.3, -0.25) is 0 Å². The molecule has 0 unspecified atom stereocenters. The van der Waals surface area contributed by atoms with Crippen molar-refractivity contribution in [3.8, 4) is 11.3 Å². The number of likely N-dealkylation sites (tertiary alicyclic amines) is 1. The minimum absolute atomic E-state index is 0.353. The van der Waals surface area contributed by atoms with Gasteiger partial charge in [0.05, 0.1) is 28.9 Å². The number of nitrogens with one attached hydrogen (secondary N) is 1. The molecule has 0 radical (unpaired) electrons. The van der Waals surface area contributed by atoms with Crippen LogP contribution < -0.4 is 0 Å². The molecule has 2 aliphatic rings. The van der Waals surface area contributed by atoms with E-state index in [1.165, 1.54) is 33.3 Å². The molecule has 0 spiro atoms. The van der Waals surface area contributed by atoms with E-state index in [4.69, 9.17) is 0 Å². The first-order chi connectivity index (χ1) is 17.3. The van der Waals surface area contributed by atoms with Crippen LogP contribution in [-0.2, 0) is 9.84 Å². The Morgan fingerprint density at radius 1 is 1.03 bits per heavy atom. The Bertz CT molecular complexity index is 1510. The van der Waals surface area contributed by atoms with Crippen molar-refractivity contribution < 1.29 is 8.42 Å². The zero-order valence-corrected chi connectivity index (χ0v) is 22.2. The van der Waals surface area contributed by atoms with Gasteiger partial charge in [0.25, 0.3) is 0 Å². The number of sulfone groups is 1. The average Bonchev–Trinajstić information content (AvgIpc) is 3.49. The fourth-order valence-electron chi connectivity index (χ4n) is 6.40. The lowest BCUT2D eigenvalue weighted by atomic mass is 9.87. The van der Waals surface area contributed by atoms with Gasteiger partial charge in [-0.25, -0.2) is 12.9 Å². The summed E-state index contributed by atoms with van der Waals surface area (Å²) >= 11 is 0. The Balaban J connectivity index is 1.27. The van der Waals surface area contributed by atoms with Crippen molar-refractivity contribution >= 4 is 26.3 Å². The minimum atomic E-state index is -2.81. The van der Waals surface area contributed by atoms with Crippen LogP contribution in [0.5, 0.6) is 0 Å². The van der Waals surface area contributed by atoms with Gasteiger partial charge >= 0.3 is 0 Å². The Morgan fingerprint density at radius 2 is 1.78 bits per heavy atom. The maximum Gasteiger partial charge on any atom is 0.150 e. The van der Waals surface area contributed by atoms with E-state index in [0.29, 0.717) is 29.4 Å². The van der Waals surface area contributed by atoms with E-state index in [0.717, 1.165) is 50.0 Å². The average molecular weight is 506 g/mol. The van der Waals surface area contributed by atoms with Crippen LogP contribution in [0.4, 0.5) is 0 Å². The molecular formula is C28H35N5O2S. The third-order valence-corrected chi connectivity index (χ3v) is 10.1. The van der Waals surface area contributed by atoms with Gasteiger partial charge in [0.1, 0.15) is 9.84 Å². The summed E-state index contributed by atoms with van der Waals surface area (Å²) in [5.74, 6) is 1.64. The summed E-state index contributed by atoms with van der Waals surface area (Å²) in [7, 11) is -2.81. The summed E-state index contributed by atoms with van der Waals surface area (Å²) in [6, 6.07) is 11.8. The largest absolute Gasteiger partial charge is 0.354 e. The molecule has 0 saturated carbocycles. The van der Waals surface area contributed by atoms with Gasteiger partial charge in [0, 0.05) is 28.2 Å². The van der Waals surface area contributed by atoms with Crippen LogP contribution in [-0.4, -0.2) is 63.8 Å². The molecule has 0 amide bonds. The van der Waals surface area contributed by atoms with Crippen LogP contribution in [0.2, 0.25) is 0 Å². The second-order valence-corrected chi connectivity index (χ2v) is 13.3. The lowest BCUT2D eigenvalue weighted by molar-refractivity contribution is 0.142. The summed E-state index contributed by atoms with van der Waals surface area (Å²) in [5.41, 5.74) is 8.40. The van der Waals surface area contributed by atoms with Gasteiger partial charge in [-0.15, -0.1) is 5.10 Å². The molecule has 1 N–H and O–H groups in total. The first kappa shape index (κ1) is 23.7. The smallest absolute Gasteiger partial charge is 0.150 e. The number of benzene rings is 1. The maximum absolute atomic E-state index is 11.8. The van der Waals surface area contributed by atoms with Crippen LogP contribution in [0.25, 0.3) is 27.7 Å². The highest BCUT2D eigenvalue weighted by molar-refractivity contribution is 7.91. The molecule has 3 aromatic heterocycles. The van der Waals surface area contributed by atoms with Crippen molar-refractivity contribution in [2.75, 3.05) is 24.6 Å². The van der Waals surface area contributed by atoms with Crippen molar-refractivity contribution in [1.29, 1.82) is 0 Å². The third kappa shape index (κ3) is 4.24. The number of aromatic nitrogens is 4. The molecule has 0 atom stereocenters. The van der Waals surface area contributed by atoms with Crippen molar-refractivity contribution in [2.45, 2.75) is 64.3 Å². The van der Waals surface area contributed by atoms with E-state index in [1.807, 2.05) is 10.7 Å². The summed E-state index contributed by atoms with van der Waals surface area (Å²) in [5, 5.41) is 9.58. The number of rotatable bonds is 4. The van der Waals surface area contributed by atoms with Crippen LogP contribution in [0.1, 0.15) is 68.2 Å². The molecule has 2 aliphatic heterocycles. The quantitative estimate of drug-likeness (QED) is 0.419. The van der Waals surface area contributed by atoms with E-state index in [1.54, 1.807) is 0 Å². The van der Waals surface area contributed by atoms with E-state index in [2.05, 4.69) is 71.3 Å². The van der Waals surface area contributed by atoms with Crippen molar-refractivity contribution in [2.24, 2.45) is 0 Å². The number of H-pyrrole nitrogens is 1. The van der Waals surface area contributed by atoms with Gasteiger partial charge in [-0.05, 0) is 92.9 Å². The summed E-state index contributed by atoms with van der Waals surface area (Å²) < 4.78 is 25.5. The third-order valence-electron chi connectivity index (χ3n) is 8.35. The van der Waals surface area contributed by atoms with Gasteiger partial charge in [0.2, 0.25) is 0 Å². The molecule has 0 bridgehead atoms. The topological polar surface area (TPSA) is 83.4 Å². The number of aryl methyl sites for hydroxylation is 1. The van der Waals surface area contributed by atoms with Crippen LogP contribution >= 0.6 is 0 Å². The van der Waals surface area contributed by atoms with E-state index >= 15 is 0 Å². The summed E-state index contributed by atoms with van der Waals surface area (Å²) in [6.45, 7) is 8.73. The number of hydrogen-bond acceptors (Lipinski definition) is 5. The number of hydrogen-bond donors (Lipinski definition) is 1. The number of piperidine rings is 1. The van der Waals surface area contributed by atoms with Crippen molar-refractivity contribution in [3.05, 3.63) is 53.3 Å². The second-order valence-electron chi connectivity index (χ2n) is 11.0. The normalized spacial score (nSPS) is 20.1. The molecule has 0 aliphatic carbocycles. The van der Waals surface area contributed by atoms with Crippen molar-refractivity contribution in [3.63, 3.8) is 0 Å². The monoisotopic (exact) mass is 505 g/mol. The first-order valence-electron chi connectivity index (χ1n) is 13.2. The number of pyridine rings is 1. The van der Waals surface area contributed by atoms with Crippen LogP contribution in [0, 0.1) is 6.92 Å². The van der Waals surface area contributed by atoms with Gasteiger partial charge in [-0.1, -0.05) is 25.1 Å². The van der Waals surface area contributed by atoms with E-state index in [-0.39, 0.29) is 0 Å². The Morgan fingerprint density at radius 3 is 2.50 bits per heavy atom. The molecule has 190 valence electrons. The van der Waals surface area contributed by atoms with Gasteiger partial charge < -0.3 is 9.88 Å². The minimum Gasteiger partial charge on any atom is -0.354 e. The molecule has 7 nitrogen and oxygen atoms in total. The number of fused-ring (bicyclic) bond motifs is 2. The number of aromatic amines is 1. The molecule has 36 heavy (non-hydrogen) atoms. The Kier molecular flexibility index (Phi) is 5.91.